The van der Waals surface area contributed by atoms with Crippen LogP contribution in [0.3, 0.4) is 0 Å². The normalized spacial score (nSPS) is 12.2. The molecule has 0 fully saturated rings. The predicted octanol–water partition coefficient (Wildman–Crippen LogP) is 3.59. The quantitative estimate of drug-likeness (QED) is 0.692. The Balaban J connectivity index is 1.69. The Hall–Kier alpha value is -2.67. The molecule has 0 unspecified atom stereocenters. The maximum atomic E-state index is 12.3. The van der Waals surface area contributed by atoms with Gasteiger partial charge in [0.2, 0.25) is 0 Å². The topological polar surface area (TPSA) is 81.3 Å². The first-order valence-electron chi connectivity index (χ1n) is 8.24. The summed E-state index contributed by atoms with van der Waals surface area (Å²) >= 11 is 1.46. The molecular weight excluding hydrogens is 352 g/mol. The number of hydrogen-bond donors (Lipinski definition) is 1. The maximum absolute atomic E-state index is 12.3. The number of ether oxygens (including phenoxy) is 2. The standard InChI is InChI=1S/C19H20N2O4S/c1-10-6-5-7-14(8-10)24-9-15(22)25-12(3)17-20-18(23)16-11(2)13(4)26-19(16)21-17/h5-8,12H,9H2,1-4H3,(H,20,21,23)/t12-/m0/s1. The summed E-state index contributed by atoms with van der Waals surface area (Å²) < 4.78 is 10.8. The number of hydrogen-bond acceptors (Lipinski definition) is 6. The number of rotatable bonds is 5. The van der Waals surface area contributed by atoms with E-state index in [-0.39, 0.29) is 12.2 Å². The van der Waals surface area contributed by atoms with Crippen molar-refractivity contribution < 1.29 is 14.3 Å². The van der Waals surface area contributed by atoms with Gasteiger partial charge in [-0.1, -0.05) is 12.1 Å². The number of aromatic nitrogens is 2. The van der Waals surface area contributed by atoms with E-state index >= 15 is 0 Å². The number of nitrogens with one attached hydrogen (secondary N) is 1. The minimum Gasteiger partial charge on any atom is -0.482 e. The van der Waals surface area contributed by atoms with Crippen molar-refractivity contribution in [2.45, 2.75) is 33.8 Å². The Kier molecular flexibility index (Phi) is 5.08. The average Bonchev–Trinajstić information content (AvgIpc) is 2.87. The number of aryl methyl sites for hydroxylation is 3. The number of aromatic amines is 1. The fraction of sp³-hybridized carbons (Fsp3) is 0.316. The lowest BCUT2D eigenvalue weighted by Crippen LogP contribution is -2.20. The number of benzene rings is 1. The number of thiophene rings is 1. The van der Waals surface area contributed by atoms with Crippen LogP contribution in [0.1, 0.15) is 34.9 Å². The fourth-order valence-corrected chi connectivity index (χ4v) is 3.64. The van der Waals surface area contributed by atoms with Crippen LogP contribution < -0.4 is 10.3 Å². The first-order valence-corrected chi connectivity index (χ1v) is 9.05. The predicted molar refractivity (Wildman–Crippen MR) is 101 cm³/mol. The molecule has 0 aliphatic carbocycles. The van der Waals surface area contributed by atoms with Gasteiger partial charge in [0.25, 0.3) is 5.56 Å². The van der Waals surface area contributed by atoms with Crippen LogP contribution in [0.2, 0.25) is 0 Å². The largest absolute Gasteiger partial charge is 0.482 e. The molecular formula is C19H20N2O4S. The van der Waals surface area contributed by atoms with Gasteiger partial charge in [0.1, 0.15) is 10.6 Å². The minimum absolute atomic E-state index is 0.211. The second-order valence-electron chi connectivity index (χ2n) is 6.15. The Bertz CT molecular complexity index is 1020. The fourth-order valence-electron chi connectivity index (χ4n) is 2.60. The SMILES string of the molecule is Cc1cccc(OCC(=O)O[C@@H](C)c2nc3sc(C)c(C)c3c(=O)[nH]2)c1. The van der Waals surface area contributed by atoms with E-state index in [1.54, 1.807) is 13.0 Å². The van der Waals surface area contributed by atoms with Gasteiger partial charge in [0.15, 0.2) is 18.5 Å². The summed E-state index contributed by atoms with van der Waals surface area (Å²) in [7, 11) is 0. The van der Waals surface area contributed by atoms with E-state index in [2.05, 4.69) is 9.97 Å². The molecule has 1 N–H and O–H groups in total. The van der Waals surface area contributed by atoms with Crippen LogP contribution in [0.15, 0.2) is 29.1 Å². The molecule has 3 rings (SSSR count). The molecule has 7 heteroatoms. The maximum Gasteiger partial charge on any atom is 0.344 e. The zero-order valence-corrected chi connectivity index (χ0v) is 15.9. The van der Waals surface area contributed by atoms with Gasteiger partial charge in [-0.2, -0.15) is 0 Å². The molecule has 0 saturated heterocycles. The zero-order chi connectivity index (χ0) is 18.8. The Morgan fingerprint density at radius 2 is 2.08 bits per heavy atom. The average molecular weight is 372 g/mol. The van der Waals surface area contributed by atoms with Crippen LogP contribution in [-0.2, 0) is 9.53 Å². The van der Waals surface area contributed by atoms with E-state index < -0.39 is 12.1 Å². The monoisotopic (exact) mass is 372 g/mol. The Morgan fingerprint density at radius 3 is 2.81 bits per heavy atom. The molecule has 0 bridgehead atoms. The molecule has 0 aliphatic rings. The first kappa shape index (κ1) is 18.1. The summed E-state index contributed by atoms with van der Waals surface area (Å²) in [5.41, 5.74) is 1.76. The second-order valence-corrected chi connectivity index (χ2v) is 7.36. The molecule has 2 aromatic heterocycles. The number of fused-ring (bicyclic) bond motifs is 1. The van der Waals surface area contributed by atoms with Crippen LogP contribution in [0.4, 0.5) is 0 Å². The first-order chi connectivity index (χ1) is 12.3. The van der Waals surface area contributed by atoms with Gasteiger partial charge in [-0.25, -0.2) is 9.78 Å². The molecule has 0 spiro atoms. The van der Waals surface area contributed by atoms with Crippen molar-refractivity contribution in [1.82, 2.24) is 9.97 Å². The van der Waals surface area contributed by atoms with Crippen molar-refractivity contribution in [3.05, 3.63) is 56.4 Å². The molecule has 26 heavy (non-hydrogen) atoms. The lowest BCUT2D eigenvalue weighted by Gasteiger charge is -2.13. The summed E-state index contributed by atoms with van der Waals surface area (Å²) in [4.78, 5) is 33.2. The minimum atomic E-state index is -0.677. The summed E-state index contributed by atoms with van der Waals surface area (Å²) in [6.07, 6.45) is -0.677. The van der Waals surface area contributed by atoms with Gasteiger partial charge >= 0.3 is 5.97 Å². The Labute approximate surface area is 154 Å². The highest BCUT2D eigenvalue weighted by molar-refractivity contribution is 7.18. The van der Waals surface area contributed by atoms with Crippen LogP contribution in [0.25, 0.3) is 10.2 Å². The molecule has 1 aromatic carbocycles. The third-order valence-electron chi connectivity index (χ3n) is 4.10. The summed E-state index contributed by atoms with van der Waals surface area (Å²) in [6.45, 7) is 7.25. The highest BCUT2D eigenvalue weighted by Crippen LogP contribution is 2.26. The molecule has 6 nitrogen and oxygen atoms in total. The second kappa shape index (κ2) is 7.29. The van der Waals surface area contributed by atoms with Crippen molar-refractivity contribution in [1.29, 1.82) is 0 Å². The molecule has 0 aliphatic heterocycles. The molecule has 0 amide bonds. The molecule has 136 valence electrons. The number of carbonyl (C=O) groups is 1. The lowest BCUT2D eigenvalue weighted by atomic mass is 10.2. The third-order valence-corrected chi connectivity index (χ3v) is 5.20. The molecule has 2 heterocycles. The Morgan fingerprint density at radius 1 is 1.31 bits per heavy atom. The number of esters is 1. The van der Waals surface area contributed by atoms with Gasteiger partial charge in [0, 0.05) is 4.88 Å². The van der Waals surface area contributed by atoms with Crippen molar-refractivity contribution in [3.63, 3.8) is 0 Å². The van der Waals surface area contributed by atoms with Crippen molar-refractivity contribution in [2.75, 3.05) is 6.61 Å². The lowest BCUT2D eigenvalue weighted by molar-refractivity contribution is -0.151. The number of carbonyl (C=O) groups excluding carboxylic acids is 1. The van der Waals surface area contributed by atoms with Gasteiger partial charge in [-0.05, 0) is 51.0 Å². The number of H-pyrrole nitrogens is 1. The highest BCUT2D eigenvalue weighted by Gasteiger charge is 2.18. The van der Waals surface area contributed by atoms with Gasteiger partial charge in [0.05, 0.1) is 5.39 Å². The number of nitrogens with zero attached hydrogens (tertiary/aromatic N) is 1. The smallest absolute Gasteiger partial charge is 0.344 e. The van der Waals surface area contributed by atoms with E-state index in [1.165, 1.54) is 11.3 Å². The highest BCUT2D eigenvalue weighted by atomic mass is 32.1. The summed E-state index contributed by atoms with van der Waals surface area (Å²) in [6, 6.07) is 7.41. The third kappa shape index (κ3) is 3.77. The molecule has 1 atom stereocenters. The zero-order valence-electron chi connectivity index (χ0n) is 15.1. The molecule has 0 saturated carbocycles. The van der Waals surface area contributed by atoms with E-state index in [0.29, 0.717) is 21.8 Å². The summed E-state index contributed by atoms with van der Waals surface area (Å²) in [5, 5.41) is 0.595. The van der Waals surface area contributed by atoms with Crippen LogP contribution in [0, 0.1) is 20.8 Å². The van der Waals surface area contributed by atoms with Gasteiger partial charge in [-0.15, -0.1) is 11.3 Å². The van der Waals surface area contributed by atoms with Gasteiger partial charge < -0.3 is 14.5 Å². The van der Waals surface area contributed by atoms with Crippen molar-refractivity contribution in [2.24, 2.45) is 0 Å². The van der Waals surface area contributed by atoms with Gasteiger partial charge in [-0.3, -0.25) is 4.79 Å². The van der Waals surface area contributed by atoms with E-state index in [9.17, 15) is 9.59 Å². The van der Waals surface area contributed by atoms with Crippen LogP contribution in [0.5, 0.6) is 5.75 Å². The van der Waals surface area contributed by atoms with E-state index in [1.807, 2.05) is 39.0 Å². The molecule has 3 aromatic rings. The van der Waals surface area contributed by atoms with Crippen molar-refractivity contribution in [3.8, 4) is 5.75 Å². The van der Waals surface area contributed by atoms with Crippen molar-refractivity contribution >= 4 is 27.5 Å². The van der Waals surface area contributed by atoms with E-state index in [4.69, 9.17) is 9.47 Å². The van der Waals surface area contributed by atoms with Crippen LogP contribution >= 0.6 is 11.3 Å². The van der Waals surface area contributed by atoms with Crippen LogP contribution in [-0.4, -0.2) is 22.5 Å². The van der Waals surface area contributed by atoms with E-state index in [0.717, 1.165) is 16.0 Å². The summed E-state index contributed by atoms with van der Waals surface area (Å²) in [5.74, 6) is 0.403. The molecule has 0 radical (unpaired) electrons.